The van der Waals surface area contributed by atoms with E-state index in [9.17, 15) is 9.59 Å². The van der Waals surface area contributed by atoms with Crippen molar-refractivity contribution in [1.82, 2.24) is 10.6 Å². The number of carbonyl (C=O) groups is 2. The van der Waals surface area contributed by atoms with E-state index in [0.29, 0.717) is 0 Å². The van der Waals surface area contributed by atoms with Crippen molar-refractivity contribution >= 4 is 27.7 Å². The van der Waals surface area contributed by atoms with Gasteiger partial charge in [-0.2, -0.15) is 0 Å². The number of rotatable bonds is 6. The highest BCUT2D eigenvalue weighted by molar-refractivity contribution is 9.10. The van der Waals surface area contributed by atoms with Gasteiger partial charge in [0.2, 0.25) is 5.91 Å². The monoisotopic (exact) mass is 380 g/mol. The van der Waals surface area contributed by atoms with Gasteiger partial charge in [0, 0.05) is 0 Å². The second-order valence-corrected chi connectivity index (χ2v) is 5.70. The van der Waals surface area contributed by atoms with E-state index < -0.39 is 5.91 Å². The first-order valence-electron chi connectivity index (χ1n) is 6.95. The quantitative estimate of drug-likeness (QED) is 0.806. The van der Waals surface area contributed by atoms with Gasteiger partial charge in [-0.25, -0.2) is 0 Å². The van der Waals surface area contributed by atoms with Crippen molar-refractivity contribution in [1.29, 1.82) is 0 Å². The first kappa shape index (κ1) is 17.1. The van der Waals surface area contributed by atoms with Gasteiger partial charge in [-0.1, -0.05) is 6.07 Å². The third-order valence-corrected chi connectivity index (χ3v) is 3.83. The molecule has 1 atom stereocenters. The molecule has 0 spiro atoms. The maximum atomic E-state index is 11.9. The molecule has 6 nitrogen and oxygen atoms in total. The van der Waals surface area contributed by atoms with Gasteiger partial charge in [-0.05, 0) is 52.7 Å². The van der Waals surface area contributed by atoms with Crippen LogP contribution in [0.3, 0.4) is 0 Å². The SMILES string of the molecule is COc1ccc([C@H](C)NC(=O)CNC(=O)c2ccco2)cc1Br. The second kappa shape index (κ2) is 7.82. The summed E-state index contributed by atoms with van der Waals surface area (Å²) in [7, 11) is 1.59. The van der Waals surface area contributed by atoms with Gasteiger partial charge >= 0.3 is 0 Å². The molecule has 0 aliphatic heterocycles. The summed E-state index contributed by atoms with van der Waals surface area (Å²) in [6.45, 7) is 1.74. The maximum absolute atomic E-state index is 11.9. The van der Waals surface area contributed by atoms with Gasteiger partial charge < -0.3 is 19.8 Å². The van der Waals surface area contributed by atoms with Gasteiger partial charge in [0.1, 0.15) is 5.75 Å². The molecule has 1 heterocycles. The van der Waals surface area contributed by atoms with Crippen LogP contribution >= 0.6 is 15.9 Å². The van der Waals surface area contributed by atoms with Crippen molar-refractivity contribution in [2.45, 2.75) is 13.0 Å². The van der Waals surface area contributed by atoms with Gasteiger partial charge in [0.25, 0.3) is 5.91 Å². The number of hydrogen-bond acceptors (Lipinski definition) is 4. The van der Waals surface area contributed by atoms with E-state index >= 15 is 0 Å². The minimum atomic E-state index is -0.426. The van der Waals surface area contributed by atoms with Crippen molar-refractivity contribution in [3.05, 3.63) is 52.4 Å². The molecule has 122 valence electrons. The van der Waals surface area contributed by atoms with Crippen LogP contribution in [0.2, 0.25) is 0 Å². The largest absolute Gasteiger partial charge is 0.496 e. The number of benzene rings is 1. The fraction of sp³-hybridized carbons (Fsp3) is 0.250. The predicted molar refractivity (Wildman–Crippen MR) is 88.3 cm³/mol. The van der Waals surface area contributed by atoms with Crippen molar-refractivity contribution in [3.8, 4) is 5.75 Å². The molecule has 0 unspecified atom stereocenters. The van der Waals surface area contributed by atoms with Gasteiger partial charge in [-0.15, -0.1) is 0 Å². The summed E-state index contributed by atoms with van der Waals surface area (Å²) < 4.78 is 10.9. The maximum Gasteiger partial charge on any atom is 0.287 e. The Morgan fingerprint density at radius 1 is 1.35 bits per heavy atom. The van der Waals surface area contributed by atoms with Crippen molar-refractivity contribution < 1.29 is 18.7 Å². The zero-order valence-corrected chi connectivity index (χ0v) is 14.3. The number of ether oxygens (including phenoxy) is 1. The van der Waals surface area contributed by atoms with Crippen molar-refractivity contribution in [2.24, 2.45) is 0 Å². The van der Waals surface area contributed by atoms with Crippen LogP contribution in [0, 0.1) is 0 Å². The first-order chi connectivity index (χ1) is 11.0. The zero-order chi connectivity index (χ0) is 16.8. The number of furan rings is 1. The molecular weight excluding hydrogens is 364 g/mol. The lowest BCUT2D eigenvalue weighted by Gasteiger charge is -2.15. The van der Waals surface area contributed by atoms with E-state index in [2.05, 4.69) is 26.6 Å². The fourth-order valence-corrected chi connectivity index (χ4v) is 2.54. The Morgan fingerprint density at radius 2 is 2.13 bits per heavy atom. The Balaban J connectivity index is 1.87. The minimum Gasteiger partial charge on any atom is -0.496 e. The van der Waals surface area contributed by atoms with E-state index in [0.717, 1.165) is 15.8 Å². The molecule has 0 saturated heterocycles. The highest BCUT2D eigenvalue weighted by Gasteiger charge is 2.14. The summed E-state index contributed by atoms with van der Waals surface area (Å²) in [6.07, 6.45) is 1.40. The van der Waals surface area contributed by atoms with Crippen LogP contribution in [0.1, 0.15) is 29.1 Å². The van der Waals surface area contributed by atoms with E-state index in [-0.39, 0.29) is 24.3 Å². The summed E-state index contributed by atoms with van der Waals surface area (Å²) >= 11 is 3.41. The topological polar surface area (TPSA) is 80.6 Å². The third-order valence-electron chi connectivity index (χ3n) is 3.21. The molecule has 23 heavy (non-hydrogen) atoms. The number of amides is 2. The molecule has 2 rings (SSSR count). The van der Waals surface area contributed by atoms with Gasteiger partial charge in [-0.3, -0.25) is 9.59 Å². The molecule has 1 aromatic carbocycles. The lowest BCUT2D eigenvalue weighted by Crippen LogP contribution is -2.37. The molecule has 0 saturated carbocycles. The van der Waals surface area contributed by atoms with E-state index in [1.165, 1.54) is 12.3 Å². The first-order valence-corrected chi connectivity index (χ1v) is 7.75. The van der Waals surface area contributed by atoms with E-state index in [1.54, 1.807) is 13.2 Å². The van der Waals surface area contributed by atoms with Crippen LogP contribution in [-0.4, -0.2) is 25.5 Å². The van der Waals surface area contributed by atoms with Crippen LogP contribution in [0.5, 0.6) is 5.75 Å². The number of hydrogen-bond donors (Lipinski definition) is 2. The van der Waals surface area contributed by atoms with E-state index in [1.807, 2.05) is 25.1 Å². The molecule has 0 bridgehead atoms. The molecule has 2 amide bonds. The summed E-state index contributed by atoms with van der Waals surface area (Å²) in [5, 5.41) is 5.31. The smallest absolute Gasteiger partial charge is 0.287 e. The summed E-state index contributed by atoms with van der Waals surface area (Å²) in [4.78, 5) is 23.6. The summed E-state index contributed by atoms with van der Waals surface area (Å²) in [5.41, 5.74) is 0.920. The number of carbonyl (C=O) groups excluding carboxylic acids is 2. The minimum absolute atomic E-state index is 0.124. The molecular formula is C16H17BrN2O4. The van der Waals surface area contributed by atoms with Gasteiger partial charge in [0.15, 0.2) is 5.76 Å². The zero-order valence-electron chi connectivity index (χ0n) is 12.8. The molecule has 2 N–H and O–H groups in total. The molecule has 7 heteroatoms. The highest BCUT2D eigenvalue weighted by atomic mass is 79.9. The Labute approximate surface area is 142 Å². The molecule has 0 radical (unpaired) electrons. The molecule has 1 aromatic heterocycles. The van der Waals surface area contributed by atoms with Crippen LogP contribution in [0.15, 0.2) is 45.5 Å². The molecule has 0 fully saturated rings. The average Bonchev–Trinajstić information content (AvgIpc) is 3.07. The number of halogens is 1. The Hall–Kier alpha value is -2.28. The van der Waals surface area contributed by atoms with Gasteiger partial charge in [0.05, 0.1) is 30.4 Å². The second-order valence-electron chi connectivity index (χ2n) is 4.84. The summed E-state index contributed by atoms with van der Waals surface area (Å²) in [6, 6.07) is 8.51. The highest BCUT2D eigenvalue weighted by Crippen LogP contribution is 2.27. The van der Waals surface area contributed by atoms with E-state index in [4.69, 9.17) is 9.15 Å². The van der Waals surface area contributed by atoms with Crippen molar-refractivity contribution in [2.75, 3.05) is 13.7 Å². The Morgan fingerprint density at radius 3 is 2.74 bits per heavy atom. The molecule has 2 aromatic rings. The van der Waals surface area contributed by atoms with Crippen LogP contribution in [-0.2, 0) is 4.79 Å². The lowest BCUT2D eigenvalue weighted by molar-refractivity contribution is -0.120. The molecule has 0 aliphatic carbocycles. The average molecular weight is 381 g/mol. The normalized spacial score (nSPS) is 11.6. The number of methoxy groups -OCH3 is 1. The predicted octanol–water partition coefficient (Wildman–Crippen LogP) is 2.66. The third kappa shape index (κ3) is 4.59. The lowest BCUT2D eigenvalue weighted by atomic mass is 10.1. The fourth-order valence-electron chi connectivity index (χ4n) is 1.98. The van der Waals surface area contributed by atoms with Crippen molar-refractivity contribution in [3.63, 3.8) is 0 Å². The number of nitrogens with one attached hydrogen (secondary N) is 2. The summed E-state index contributed by atoms with van der Waals surface area (Å²) in [5.74, 6) is 0.178. The Bertz CT molecular complexity index is 685. The Kier molecular flexibility index (Phi) is 5.81. The van der Waals surface area contributed by atoms with Crippen LogP contribution in [0.4, 0.5) is 0 Å². The molecule has 0 aliphatic rings. The van der Waals surface area contributed by atoms with Crippen LogP contribution in [0.25, 0.3) is 0 Å². The standard InChI is InChI=1S/C16H17BrN2O4/c1-10(11-5-6-13(22-2)12(17)8-11)19-15(20)9-18-16(21)14-4-3-7-23-14/h3-8,10H,9H2,1-2H3,(H,18,21)(H,19,20)/t10-/m0/s1. The van der Waals surface area contributed by atoms with Crippen LogP contribution < -0.4 is 15.4 Å².